The van der Waals surface area contributed by atoms with E-state index in [1.807, 2.05) is 0 Å². The number of anilines is 1. The Kier molecular flexibility index (Phi) is 3.32. The molecular formula is C15H14FN3O4. The minimum atomic E-state index is -1.30. The molecule has 3 rings (SSSR count). The molecule has 0 radical (unpaired) electrons. The van der Waals surface area contributed by atoms with Crippen LogP contribution in [0.15, 0.2) is 23.9 Å². The molecule has 7 nitrogen and oxygen atoms in total. The van der Waals surface area contributed by atoms with Crippen LogP contribution >= 0.6 is 0 Å². The lowest BCUT2D eigenvalue weighted by Gasteiger charge is -2.29. The van der Waals surface area contributed by atoms with Crippen molar-refractivity contribution < 1.29 is 23.5 Å². The van der Waals surface area contributed by atoms with Crippen molar-refractivity contribution in [2.75, 3.05) is 5.32 Å². The fraction of sp³-hybridized carbons (Fsp3) is 0.267. The first kappa shape index (κ1) is 15.0. The summed E-state index contributed by atoms with van der Waals surface area (Å²) >= 11 is 0. The Balaban J connectivity index is 1.88. The third kappa shape index (κ3) is 2.75. The van der Waals surface area contributed by atoms with E-state index in [2.05, 4.69) is 15.5 Å². The Hall–Kier alpha value is -2.90. The summed E-state index contributed by atoms with van der Waals surface area (Å²) in [4.78, 5) is 23.6. The molecule has 1 aliphatic rings. The smallest absolute Gasteiger partial charge is 0.350 e. The molecule has 8 heteroatoms. The van der Waals surface area contributed by atoms with Crippen molar-refractivity contribution in [3.05, 3.63) is 35.4 Å². The second-order valence-corrected chi connectivity index (χ2v) is 5.58. The van der Waals surface area contributed by atoms with Crippen molar-refractivity contribution in [2.45, 2.75) is 26.6 Å². The highest BCUT2D eigenvalue weighted by molar-refractivity contribution is 6.15. The zero-order chi connectivity index (χ0) is 16.8. The van der Waals surface area contributed by atoms with Gasteiger partial charge >= 0.3 is 11.9 Å². The van der Waals surface area contributed by atoms with E-state index in [0.29, 0.717) is 22.3 Å². The van der Waals surface area contributed by atoms with Crippen molar-refractivity contribution in [3.8, 4) is 0 Å². The number of ether oxygens (including phenoxy) is 2. The lowest BCUT2D eigenvalue weighted by atomic mass is 10.2. The summed E-state index contributed by atoms with van der Waals surface area (Å²) in [6, 6.07) is 2.83. The SMILES string of the molecule is Cc1[nH]nc2cc(NC=C3C(=O)OC(C)(C)OC3=O)cc(F)c12. The Morgan fingerprint density at radius 2 is 1.91 bits per heavy atom. The summed E-state index contributed by atoms with van der Waals surface area (Å²) in [5.74, 6) is -3.39. The maximum absolute atomic E-state index is 14.1. The molecule has 120 valence electrons. The number of fused-ring (bicyclic) bond motifs is 1. The quantitative estimate of drug-likeness (QED) is 0.500. The molecule has 1 fully saturated rings. The van der Waals surface area contributed by atoms with Gasteiger partial charge in [0.2, 0.25) is 0 Å². The number of hydrogen-bond acceptors (Lipinski definition) is 6. The highest BCUT2D eigenvalue weighted by Gasteiger charge is 2.38. The van der Waals surface area contributed by atoms with Crippen molar-refractivity contribution >= 4 is 28.5 Å². The number of nitrogens with zero attached hydrogens (tertiary/aromatic N) is 1. The zero-order valence-corrected chi connectivity index (χ0v) is 12.7. The Morgan fingerprint density at radius 1 is 1.26 bits per heavy atom. The van der Waals surface area contributed by atoms with E-state index in [4.69, 9.17) is 9.47 Å². The number of carbonyl (C=O) groups excluding carboxylic acids is 2. The summed E-state index contributed by atoms with van der Waals surface area (Å²) in [5.41, 5.74) is 1.07. The molecule has 0 spiro atoms. The van der Waals surface area contributed by atoms with Gasteiger partial charge in [0, 0.05) is 31.4 Å². The highest BCUT2D eigenvalue weighted by atomic mass is 19.1. The molecule has 0 aliphatic carbocycles. The van der Waals surface area contributed by atoms with Gasteiger partial charge in [-0.05, 0) is 19.1 Å². The first-order chi connectivity index (χ1) is 10.8. The van der Waals surface area contributed by atoms with Crippen molar-refractivity contribution in [1.29, 1.82) is 0 Å². The molecule has 0 saturated carbocycles. The van der Waals surface area contributed by atoms with Crippen LogP contribution in [-0.2, 0) is 19.1 Å². The van der Waals surface area contributed by atoms with E-state index in [0.717, 1.165) is 6.20 Å². The molecule has 0 amide bonds. The monoisotopic (exact) mass is 319 g/mol. The van der Waals surface area contributed by atoms with Crippen molar-refractivity contribution in [3.63, 3.8) is 0 Å². The van der Waals surface area contributed by atoms with Crippen molar-refractivity contribution in [1.82, 2.24) is 10.2 Å². The minimum absolute atomic E-state index is 0.303. The summed E-state index contributed by atoms with van der Waals surface area (Å²) in [7, 11) is 0. The van der Waals surface area contributed by atoms with Crippen LogP contribution in [0.4, 0.5) is 10.1 Å². The molecule has 0 bridgehead atoms. The molecule has 1 aliphatic heterocycles. The standard InChI is InChI=1S/C15H14FN3O4/c1-7-12-10(16)4-8(5-11(12)19-18-7)17-6-9-13(20)22-15(2,3)23-14(9)21/h4-6,17H,1-3H3,(H,18,19). The summed E-state index contributed by atoms with van der Waals surface area (Å²) in [6.45, 7) is 4.62. The van der Waals surface area contributed by atoms with Crippen molar-refractivity contribution in [2.24, 2.45) is 0 Å². The van der Waals surface area contributed by atoms with Gasteiger partial charge < -0.3 is 14.8 Å². The van der Waals surface area contributed by atoms with Crippen LogP contribution in [0, 0.1) is 12.7 Å². The van der Waals surface area contributed by atoms with Crippen LogP contribution in [-0.4, -0.2) is 27.9 Å². The summed E-state index contributed by atoms with van der Waals surface area (Å²) in [5, 5.41) is 9.74. The van der Waals surface area contributed by atoms with Gasteiger partial charge in [-0.3, -0.25) is 5.10 Å². The van der Waals surface area contributed by atoms with E-state index >= 15 is 0 Å². The van der Waals surface area contributed by atoms with Gasteiger partial charge in [-0.1, -0.05) is 0 Å². The highest BCUT2D eigenvalue weighted by Crippen LogP contribution is 2.25. The molecule has 0 unspecified atom stereocenters. The number of cyclic esters (lactones) is 2. The number of carbonyl (C=O) groups is 2. The summed E-state index contributed by atoms with van der Waals surface area (Å²) in [6.07, 6.45) is 1.13. The molecule has 0 atom stereocenters. The number of esters is 2. The average molecular weight is 319 g/mol. The van der Waals surface area contributed by atoms with Gasteiger partial charge in [-0.25, -0.2) is 14.0 Å². The van der Waals surface area contributed by atoms with Crippen LogP contribution in [0.1, 0.15) is 19.5 Å². The Labute approximate surface area is 130 Å². The van der Waals surface area contributed by atoms with Gasteiger partial charge in [-0.15, -0.1) is 0 Å². The molecule has 1 aromatic heterocycles. The second-order valence-electron chi connectivity index (χ2n) is 5.58. The van der Waals surface area contributed by atoms with E-state index in [-0.39, 0.29) is 5.57 Å². The van der Waals surface area contributed by atoms with Gasteiger partial charge in [0.05, 0.1) is 10.9 Å². The number of benzene rings is 1. The van der Waals surface area contributed by atoms with Crippen LogP contribution in [0.3, 0.4) is 0 Å². The number of rotatable bonds is 2. The van der Waals surface area contributed by atoms with Gasteiger partial charge in [0.15, 0.2) is 5.57 Å². The van der Waals surface area contributed by atoms with E-state index in [1.165, 1.54) is 19.9 Å². The molecule has 2 heterocycles. The molecule has 1 aromatic carbocycles. The van der Waals surface area contributed by atoms with Crippen LogP contribution in [0.2, 0.25) is 0 Å². The lowest BCUT2D eigenvalue weighted by Crippen LogP contribution is -2.42. The number of aryl methyl sites for hydroxylation is 1. The minimum Gasteiger partial charge on any atom is -0.419 e. The molecular weight excluding hydrogens is 305 g/mol. The molecule has 2 N–H and O–H groups in total. The normalized spacial score (nSPS) is 17.0. The number of halogens is 1. The third-order valence-electron chi connectivity index (χ3n) is 3.29. The van der Waals surface area contributed by atoms with E-state index < -0.39 is 23.5 Å². The number of hydrogen-bond donors (Lipinski definition) is 2. The van der Waals surface area contributed by atoms with Gasteiger partial charge in [0.1, 0.15) is 5.82 Å². The van der Waals surface area contributed by atoms with Crippen LogP contribution < -0.4 is 5.32 Å². The Morgan fingerprint density at radius 3 is 2.57 bits per heavy atom. The van der Waals surface area contributed by atoms with Crippen LogP contribution in [0.5, 0.6) is 0 Å². The van der Waals surface area contributed by atoms with Crippen LogP contribution in [0.25, 0.3) is 10.9 Å². The third-order valence-corrected chi connectivity index (χ3v) is 3.29. The fourth-order valence-corrected chi connectivity index (χ4v) is 2.27. The molecule has 23 heavy (non-hydrogen) atoms. The van der Waals surface area contributed by atoms with Gasteiger partial charge in [-0.2, -0.15) is 5.10 Å². The first-order valence-electron chi connectivity index (χ1n) is 6.84. The molecule has 2 aromatic rings. The van der Waals surface area contributed by atoms with E-state index in [9.17, 15) is 14.0 Å². The second kappa shape index (κ2) is 5.08. The Bertz CT molecular complexity index is 832. The molecule has 1 saturated heterocycles. The van der Waals surface area contributed by atoms with Gasteiger partial charge in [0.25, 0.3) is 5.79 Å². The van der Waals surface area contributed by atoms with E-state index in [1.54, 1.807) is 13.0 Å². The maximum atomic E-state index is 14.1. The predicted octanol–water partition coefficient (Wildman–Crippen LogP) is 2.14. The number of aromatic nitrogens is 2. The average Bonchev–Trinajstić information content (AvgIpc) is 2.78. The summed E-state index contributed by atoms with van der Waals surface area (Å²) < 4.78 is 24.0. The topological polar surface area (TPSA) is 93.3 Å². The number of aromatic amines is 1. The first-order valence-corrected chi connectivity index (χ1v) is 6.84. The fourth-order valence-electron chi connectivity index (χ4n) is 2.27. The lowest BCUT2D eigenvalue weighted by molar-refractivity contribution is -0.222. The largest absolute Gasteiger partial charge is 0.419 e. The maximum Gasteiger partial charge on any atom is 0.350 e. The number of nitrogens with one attached hydrogen (secondary N) is 2. The predicted molar refractivity (Wildman–Crippen MR) is 78.8 cm³/mol. The zero-order valence-electron chi connectivity index (χ0n) is 12.7. The number of H-pyrrole nitrogens is 1.